The summed E-state index contributed by atoms with van der Waals surface area (Å²) in [5.74, 6) is -2.28. The van der Waals surface area contributed by atoms with E-state index in [1.54, 1.807) is 6.07 Å². The Bertz CT molecular complexity index is 1210. The third-order valence-corrected chi connectivity index (χ3v) is 8.32. The van der Waals surface area contributed by atoms with Gasteiger partial charge in [-0.1, -0.05) is 25.3 Å². The van der Waals surface area contributed by atoms with Crippen LogP contribution < -0.4 is 20.7 Å². The molecule has 3 N–H and O–H groups in total. The zero-order valence-corrected chi connectivity index (χ0v) is 25.3. The second-order valence-electron chi connectivity index (χ2n) is 11.6. The number of unbranched alkanes of at least 4 members (excludes halogenated alkanes) is 4. The largest absolute Gasteiger partial charge is 0.483 e. The summed E-state index contributed by atoms with van der Waals surface area (Å²) < 4.78 is 11.3. The fraction of sp³-hybridized carbons (Fsp3) is 0.625. The van der Waals surface area contributed by atoms with Crippen molar-refractivity contribution in [3.05, 3.63) is 29.3 Å². The van der Waals surface area contributed by atoms with Crippen LogP contribution in [0, 0.1) is 5.92 Å². The molecule has 0 radical (unpaired) electrons. The Morgan fingerprint density at radius 3 is 2.25 bits per heavy atom. The van der Waals surface area contributed by atoms with Gasteiger partial charge in [-0.05, 0) is 69.9 Å². The molecule has 2 heterocycles. The molecular formula is C32H44N4O8. The summed E-state index contributed by atoms with van der Waals surface area (Å²) >= 11 is 0. The van der Waals surface area contributed by atoms with Crippen LogP contribution in [0.1, 0.15) is 104 Å². The standard InChI is InChI=1S/C32H44N4O8/c37-26-16-15-24(30(40)35-26)36-31(41)23-13-10-14-25(28(23)32(36)42)44-21-27(38)33-17-6-2-8-19-43-20-9-3-7-18-34-29(39)22-11-4-1-5-12-22/h10,13-14,22,24H,1-9,11-12,15-21H2,(H,33,38)(H,34,39)(H,35,37,40). The maximum atomic E-state index is 13.1. The second-order valence-corrected chi connectivity index (χ2v) is 11.6. The summed E-state index contributed by atoms with van der Waals surface area (Å²) in [4.78, 5) is 75.1. The lowest BCUT2D eigenvalue weighted by Gasteiger charge is -2.27. The van der Waals surface area contributed by atoms with Crippen LogP contribution in [0.25, 0.3) is 0 Å². The molecule has 2 aliphatic heterocycles. The van der Waals surface area contributed by atoms with Gasteiger partial charge in [0.15, 0.2) is 6.61 Å². The summed E-state index contributed by atoms with van der Waals surface area (Å²) in [6.07, 6.45) is 11.3. The van der Waals surface area contributed by atoms with Crippen LogP contribution in [-0.2, 0) is 23.9 Å². The molecule has 1 aromatic carbocycles. The molecule has 1 unspecified atom stereocenters. The molecule has 1 saturated heterocycles. The lowest BCUT2D eigenvalue weighted by molar-refractivity contribution is -0.136. The first kappa shape index (κ1) is 33.1. The van der Waals surface area contributed by atoms with E-state index in [1.807, 2.05) is 0 Å². The van der Waals surface area contributed by atoms with Crippen LogP contribution in [0.4, 0.5) is 0 Å². The minimum absolute atomic E-state index is 0.0106. The zero-order valence-electron chi connectivity index (χ0n) is 25.3. The van der Waals surface area contributed by atoms with E-state index in [9.17, 15) is 28.8 Å². The van der Waals surface area contributed by atoms with Crippen molar-refractivity contribution in [2.24, 2.45) is 5.92 Å². The number of carbonyl (C=O) groups excluding carboxylic acids is 6. The van der Waals surface area contributed by atoms with E-state index >= 15 is 0 Å². The summed E-state index contributed by atoms with van der Waals surface area (Å²) in [5, 5.41) is 8.02. The highest BCUT2D eigenvalue weighted by atomic mass is 16.5. The summed E-state index contributed by atoms with van der Waals surface area (Å²) in [5.41, 5.74) is 0.106. The molecule has 0 spiro atoms. The molecule has 12 nitrogen and oxygen atoms in total. The Labute approximate surface area is 258 Å². The fourth-order valence-electron chi connectivity index (χ4n) is 5.86. The SMILES string of the molecule is O=C(COc1cccc2c1C(=O)N(C1CCC(=O)NC1=O)C2=O)NCCCCCOCCCCCNC(=O)C1CCCCC1. The molecule has 240 valence electrons. The summed E-state index contributed by atoms with van der Waals surface area (Å²) in [7, 11) is 0. The zero-order chi connectivity index (χ0) is 31.3. The predicted octanol–water partition coefficient (Wildman–Crippen LogP) is 2.64. The second kappa shape index (κ2) is 16.9. The number of fused-ring (bicyclic) bond motifs is 1. The van der Waals surface area contributed by atoms with Crippen molar-refractivity contribution in [1.82, 2.24) is 20.9 Å². The molecule has 0 aromatic heterocycles. The van der Waals surface area contributed by atoms with Gasteiger partial charge in [0.25, 0.3) is 17.7 Å². The van der Waals surface area contributed by atoms with Crippen LogP contribution in [0.2, 0.25) is 0 Å². The predicted molar refractivity (Wildman–Crippen MR) is 160 cm³/mol. The number of hydrogen-bond acceptors (Lipinski definition) is 8. The number of piperidine rings is 1. The molecule has 12 heteroatoms. The molecule has 4 rings (SSSR count). The van der Waals surface area contributed by atoms with E-state index < -0.39 is 29.7 Å². The first-order valence-corrected chi connectivity index (χ1v) is 16.0. The van der Waals surface area contributed by atoms with Crippen molar-refractivity contribution in [1.29, 1.82) is 0 Å². The maximum Gasteiger partial charge on any atom is 0.266 e. The Kier molecular flexibility index (Phi) is 12.7. The minimum atomic E-state index is -1.07. The van der Waals surface area contributed by atoms with Crippen LogP contribution >= 0.6 is 0 Å². The number of carbonyl (C=O) groups is 6. The number of imide groups is 2. The van der Waals surface area contributed by atoms with Crippen molar-refractivity contribution in [2.45, 2.75) is 89.5 Å². The lowest BCUT2D eigenvalue weighted by Crippen LogP contribution is -2.54. The van der Waals surface area contributed by atoms with Gasteiger partial charge in [-0.3, -0.25) is 39.0 Å². The van der Waals surface area contributed by atoms with Crippen molar-refractivity contribution < 1.29 is 38.2 Å². The van der Waals surface area contributed by atoms with Gasteiger partial charge >= 0.3 is 0 Å². The Morgan fingerprint density at radius 2 is 1.55 bits per heavy atom. The quantitative estimate of drug-likeness (QED) is 0.179. The molecule has 44 heavy (non-hydrogen) atoms. The average molecular weight is 613 g/mol. The molecule has 1 saturated carbocycles. The van der Waals surface area contributed by atoms with Crippen molar-refractivity contribution in [3.8, 4) is 5.75 Å². The van der Waals surface area contributed by atoms with Crippen molar-refractivity contribution in [2.75, 3.05) is 32.9 Å². The molecule has 2 fully saturated rings. The van der Waals surface area contributed by atoms with E-state index in [0.717, 1.165) is 62.8 Å². The van der Waals surface area contributed by atoms with Gasteiger partial charge in [0.05, 0.1) is 11.1 Å². The molecular weight excluding hydrogens is 568 g/mol. The van der Waals surface area contributed by atoms with Crippen molar-refractivity contribution in [3.63, 3.8) is 0 Å². The third-order valence-electron chi connectivity index (χ3n) is 8.32. The Hall–Kier alpha value is -3.80. The summed E-state index contributed by atoms with van der Waals surface area (Å²) in [6.45, 7) is 2.25. The summed E-state index contributed by atoms with van der Waals surface area (Å²) in [6, 6.07) is 3.45. The number of rotatable bonds is 17. The van der Waals surface area contributed by atoms with Crippen LogP contribution in [0.3, 0.4) is 0 Å². The fourth-order valence-corrected chi connectivity index (χ4v) is 5.86. The molecule has 1 aliphatic carbocycles. The van der Waals surface area contributed by atoms with Gasteiger partial charge in [0, 0.05) is 38.6 Å². The topological polar surface area (TPSA) is 160 Å². The van der Waals surface area contributed by atoms with E-state index in [4.69, 9.17) is 9.47 Å². The highest BCUT2D eigenvalue weighted by Crippen LogP contribution is 2.33. The molecule has 1 aromatic rings. The number of hydrogen-bond donors (Lipinski definition) is 3. The number of nitrogens with zero attached hydrogens (tertiary/aromatic N) is 1. The number of nitrogens with one attached hydrogen (secondary N) is 3. The number of amides is 6. The first-order valence-electron chi connectivity index (χ1n) is 16.0. The minimum Gasteiger partial charge on any atom is -0.483 e. The van der Waals surface area contributed by atoms with Gasteiger partial charge in [-0.15, -0.1) is 0 Å². The smallest absolute Gasteiger partial charge is 0.266 e. The molecule has 6 amide bonds. The molecule has 3 aliphatic rings. The highest BCUT2D eigenvalue weighted by Gasteiger charge is 2.46. The number of benzene rings is 1. The maximum absolute atomic E-state index is 13.1. The first-order chi connectivity index (χ1) is 21.4. The Morgan fingerprint density at radius 1 is 0.841 bits per heavy atom. The van der Waals surface area contributed by atoms with Crippen molar-refractivity contribution >= 4 is 35.4 Å². The average Bonchev–Trinajstić information content (AvgIpc) is 3.28. The monoisotopic (exact) mass is 612 g/mol. The lowest BCUT2D eigenvalue weighted by atomic mass is 9.89. The van der Waals surface area contributed by atoms with Crippen LogP contribution in [0.5, 0.6) is 5.75 Å². The number of ether oxygens (including phenoxy) is 2. The van der Waals surface area contributed by atoms with Gasteiger partial charge in [0.2, 0.25) is 17.7 Å². The molecule has 0 bridgehead atoms. The van der Waals surface area contributed by atoms with Crippen LogP contribution in [0.15, 0.2) is 18.2 Å². The van der Waals surface area contributed by atoms with Gasteiger partial charge < -0.3 is 20.1 Å². The van der Waals surface area contributed by atoms with Gasteiger partial charge in [-0.2, -0.15) is 0 Å². The highest BCUT2D eigenvalue weighted by molar-refractivity contribution is 6.24. The normalized spacial score (nSPS) is 18.6. The Balaban J connectivity index is 1.03. The van der Waals surface area contributed by atoms with Gasteiger partial charge in [-0.25, -0.2) is 0 Å². The molecule has 1 atom stereocenters. The van der Waals surface area contributed by atoms with E-state index in [2.05, 4.69) is 16.0 Å². The third kappa shape index (κ3) is 9.10. The van der Waals surface area contributed by atoms with E-state index in [0.29, 0.717) is 19.8 Å². The van der Waals surface area contributed by atoms with Crippen LogP contribution in [-0.4, -0.2) is 79.3 Å². The van der Waals surface area contributed by atoms with Gasteiger partial charge in [0.1, 0.15) is 11.8 Å². The van der Waals surface area contributed by atoms with E-state index in [-0.39, 0.29) is 54.1 Å². The van der Waals surface area contributed by atoms with E-state index in [1.165, 1.54) is 31.4 Å².